The third kappa shape index (κ3) is 5.74. The molecule has 9 heteroatoms. The summed E-state index contributed by atoms with van der Waals surface area (Å²) in [5, 5.41) is 2.54. The molecule has 1 amide bonds. The van der Waals surface area contributed by atoms with E-state index in [0.717, 1.165) is 12.1 Å². The summed E-state index contributed by atoms with van der Waals surface area (Å²) in [7, 11) is 1.23. The average molecular weight is 407 g/mol. The van der Waals surface area contributed by atoms with Gasteiger partial charge in [-0.25, -0.2) is 4.79 Å². The van der Waals surface area contributed by atoms with Crippen molar-refractivity contribution in [2.45, 2.75) is 26.6 Å². The number of rotatable bonds is 8. The van der Waals surface area contributed by atoms with E-state index in [1.54, 1.807) is 24.3 Å². The van der Waals surface area contributed by atoms with Crippen molar-refractivity contribution < 1.29 is 37.4 Å². The summed E-state index contributed by atoms with van der Waals surface area (Å²) < 4.78 is 39.1. The lowest BCUT2D eigenvalue weighted by Gasteiger charge is -2.16. The van der Waals surface area contributed by atoms with Gasteiger partial charge in [0.05, 0.1) is 18.4 Å². The van der Waals surface area contributed by atoms with Crippen LogP contribution in [0.5, 0.6) is 11.5 Å². The highest BCUT2D eigenvalue weighted by Crippen LogP contribution is 2.29. The van der Waals surface area contributed by atoms with E-state index in [-0.39, 0.29) is 22.8 Å². The van der Waals surface area contributed by atoms with E-state index in [0.29, 0.717) is 11.3 Å². The van der Waals surface area contributed by atoms with Crippen LogP contribution in [0.1, 0.15) is 34.6 Å². The van der Waals surface area contributed by atoms with Crippen molar-refractivity contribution in [3.05, 3.63) is 53.6 Å². The van der Waals surface area contributed by atoms with E-state index in [4.69, 9.17) is 9.47 Å². The molecule has 29 heavy (non-hydrogen) atoms. The number of hydrogen-bond acceptors (Lipinski definition) is 6. The van der Waals surface area contributed by atoms with Crippen molar-refractivity contribution in [2.75, 3.05) is 12.4 Å². The number of benzene rings is 2. The predicted octanol–water partition coefficient (Wildman–Crippen LogP) is 3.68. The Hall–Kier alpha value is -3.49. The molecule has 2 aromatic carbocycles. The summed E-state index contributed by atoms with van der Waals surface area (Å²) in [6, 6.07) is 9.92. The number of esters is 1. The van der Waals surface area contributed by atoms with Gasteiger partial charge in [0, 0.05) is 5.56 Å². The zero-order valence-electron chi connectivity index (χ0n) is 15.9. The molecule has 0 bridgehead atoms. The van der Waals surface area contributed by atoms with Crippen molar-refractivity contribution in [2.24, 2.45) is 0 Å². The number of ketones is 1. The highest BCUT2D eigenvalue weighted by atomic mass is 19.3. The van der Waals surface area contributed by atoms with Crippen molar-refractivity contribution in [3.8, 4) is 11.5 Å². The number of ether oxygens (including phenoxy) is 3. The summed E-state index contributed by atoms with van der Waals surface area (Å²) in [6.07, 6.45) is -1.19. The second-order valence-electron chi connectivity index (χ2n) is 5.88. The summed E-state index contributed by atoms with van der Waals surface area (Å²) in [6.45, 7) is -0.332. The average Bonchev–Trinajstić information content (AvgIpc) is 2.67. The van der Waals surface area contributed by atoms with Crippen LogP contribution in [0.15, 0.2) is 42.5 Å². The van der Waals surface area contributed by atoms with E-state index in [1.165, 1.54) is 27.0 Å². The van der Waals surface area contributed by atoms with Crippen LogP contribution < -0.4 is 14.8 Å². The van der Waals surface area contributed by atoms with Crippen LogP contribution in [0, 0.1) is 0 Å². The summed E-state index contributed by atoms with van der Waals surface area (Å²) in [5.41, 5.74) is 0.592. The van der Waals surface area contributed by atoms with Gasteiger partial charge >= 0.3 is 12.6 Å². The molecule has 0 heterocycles. The van der Waals surface area contributed by atoms with Crippen molar-refractivity contribution in [1.29, 1.82) is 0 Å². The lowest BCUT2D eigenvalue weighted by Crippen LogP contribution is -2.30. The van der Waals surface area contributed by atoms with Crippen molar-refractivity contribution in [1.82, 2.24) is 0 Å². The summed E-state index contributed by atoms with van der Waals surface area (Å²) in [4.78, 5) is 36.2. The number of carbonyl (C=O) groups is 3. The molecule has 0 aliphatic heterocycles. The standard InChI is InChI=1S/C20H19F2NO6/c1-11(24)14-6-4-5-7-15(14)23-18(25)12(2)28-19(26)13-8-9-16(29-20(21)22)17(10-13)27-3/h4-10,12,20H,1-3H3,(H,23,25)/t12-/m0/s1. The van der Waals surface area contributed by atoms with Gasteiger partial charge in [-0.3, -0.25) is 9.59 Å². The van der Waals surface area contributed by atoms with E-state index in [2.05, 4.69) is 10.1 Å². The monoisotopic (exact) mass is 407 g/mol. The number of amides is 1. The minimum absolute atomic E-state index is 0.0211. The Labute approximate surface area is 165 Å². The lowest BCUT2D eigenvalue weighted by molar-refractivity contribution is -0.123. The van der Waals surface area contributed by atoms with Crippen LogP contribution in [0.4, 0.5) is 14.5 Å². The van der Waals surface area contributed by atoms with Crippen LogP contribution in [0.25, 0.3) is 0 Å². The third-order valence-electron chi connectivity index (χ3n) is 3.83. The number of nitrogens with one attached hydrogen (secondary N) is 1. The summed E-state index contributed by atoms with van der Waals surface area (Å²) >= 11 is 0. The quantitative estimate of drug-likeness (QED) is 0.530. The van der Waals surface area contributed by atoms with Gasteiger partial charge in [0.25, 0.3) is 5.91 Å². The van der Waals surface area contributed by atoms with Crippen LogP contribution in [-0.2, 0) is 9.53 Å². The van der Waals surface area contributed by atoms with Gasteiger partial charge in [0.1, 0.15) is 0 Å². The molecular weight excluding hydrogens is 388 g/mol. The Kier molecular flexibility index (Phi) is 7.24. The number of anilines is 1. The minimum atomic E-state index is -3.05. The second kappa shape index (κ2) is 9.63. The molecule has 0 radical (unpaired) electrons. The van der Waals surface area contributed by atoms with Gasteiger partial charge in [-0.15, -0.1) is 0 Å². The molecule has 2 rings (SSSR count). The lowest BCUT2D eigenvalue weighted by atomic mass is 10.1. The number of methoxy groups -OCH3 is 1. The van der Waals surface area contributed by atoms with Gasteiger partial charge in [-0.2, -0.15) is 8.78 Å². The van der Waals surface area contributed by atoms with Gasteiger partial charge < -0.3 is 19.5 Å². The van der Waals surface area contributed by atoms with Crippen molar-refractivity contribution in [3.63, 3.8) is 0 Å². The molecule has 1 N–H and O–H groups in total. The predicted molar refractivity (Wildman–Crippen MR) is 99.6 cm³/mol. The number of halogens is 2. The molecule has 0 spiro atoms. The first-order valence-corrected chi connectivity index (χ1v) is 8.47. The Balaban J connectivity index is 2.08. The van der Waals surface area contributed by atoms with E-state index >= 15 is 0 Å². The Morgan fingerprint density at radius 2 is 1.72 bits per heavy atom. The first kappa shape index (κ1) is 21.8. The first-order valence-electron chi connectivity index (χ1n) is 8.47. The Morgan fingerprint density at radius 1 is 1.03 bits per heavy atom. The highest BCUT2D eigenvalue weighted by molar-refractivity contribution is 6.05. The van der Waals surface area contributed by atoms with Crippen LogP contribution in [0.2, 0.25) is 0 Å². The molecule has 0 aliphatic rings. The van der Waals surface area contributed by atoms with E-state index < -0.39 is 24.6 Å². The van der Waals surface area contributed by atoms with Gasteiger partial charge in [0.2, 0.25) is 0 Å². The molecule has 0 aliphatic carbocycles. The largest absolute Gasteiger partial charge is 0.493 e. The molecule has 154 valence electrons. The van der Waals surface area contributed by atoms with E-state index in [1.807, 2.05) is 0 Å². The molecule has 7 nitrogen and oxygen atoms in total. The molecule has 0 saturated carbocycles. The number of para-hydroxylation sites is 1. The number of Topliss-reactive ketones (excluding diaryl/α,β-unsaturated/α-hetero) is 1. The molecular formula is C20H19F2NO6. The fraction of sp³-hybridized carbons (Fsp3) is 0.250. The number of hydrogen-bond donors (Lipinski definition) is 1. The topological polar surface area (TPSA) is 90.9 Å². The highest BCUT2D eigenvalue weighted by Gasteiger charge is 2.22. The van der Waals surface area contributed by atoms with Crippen LogP contribution >= 0.6 is 0 Å². The molecule has 1 atom stereocenters. The smallest absolute Gasteiger partial charge is 0.387 e. The van der Waals surface area contributed by atoms with E-state index in [9.17, 15) is 23.2 Å². The third-order valence-corrected chi connectivity index (χ3v) is 3.83. The summed E-state index contributed by atoms with van der Waals surface area (Å²) in [5.74, 6) is -2.08. The SMILES string of the molecule is COc1cc(C(=O)O[C@@H](C)C(=O)Nc2ccccc2C(C)=O)ccc1OC(F)F. The van der Waals surface area contributed by atoms with Crippen molar-refractivity contribution >= 4 is 23.3 Å². The van der Waals surface area contributed by atoms with Crippen LogP contribution in [0.3, 0.4) is 0 Å². The second-order valence-corrected chi connectivity index (χ2v) is 5.88. The fourth-order valence-corrected chi connectivity index (χ4v) is 2.40. The molecule has 0 aromatic heterocycles. The fourth-order valence-electron chi connectivity index (χ4n) is 2.40. The maximum atomic E-state index is 12.4. The molecule has 0 saturated heterocycles. The van der Waals surface area contributed by atoms with Gasteiger partial charge in [0.15, 0.2) is 23.4 Å². The molecule has 2 aromatic rings. The minimum Gasteiger partial charge on any atom is -0.493 e. The van der Waals surface area contributed by atoms with Gasteiger partial charge in [-0.1, -0.05) is 12.1 Å². The maximum absolute atomic E-state index is 12.4. The maximum Gasteiger partial charge on any atom is 0.387 e. The Bertz CT molecular complexity index is 916. The molecule has 0 unspecified atom stereocenters. The van der Waals surface area contributed by atoms with Gasteiger partial charge in [-0.05, 0) is 44.2 Å². The van der Waals surface area contributed by atoms with Crippen LogP contribution in [-0.4, -0.2) is 37.5 Å². The zero-order valence-corrected chi connectivity index (χ0v) is 15.9. The Morgan fingerprint density at radius 3 is 2.34 bits per heavy atom. The number of carbonyl (C=O) groups excluding carboxylic acids is 3. The number of alkyl halides is 2. The zero-order chi connectivity index (χ0) is 21.6. The first-order chi connectivity index (χ1) is 13.7. The normalized spacial score (nSPS) is 11.5. The molecule has 0 fully saturated rings.